The van der Waals surface area contributed by atoms with Gasteiger partial charge in [-0.3, -0.25) is 15.0 Å². The van der Waals surface area contributed by atoms with Gasteiger partial charge in [0.2, 0.25) is 5.91 Å². The molecule has 0 atom stereocenters. The highest BCUT2D eigenvalue weighted by atomic mass is 19.1. The van der Waals surface area contributed by atoms with E-state index in [1.165, 1.54) is 29.3 Å². The molecule has 1 amide bonds. The lowest BCUT2D eigenvalue weighted by Gasteiger charge is -2.11. The molecule has 1 saturated carbocycles. The van der Waals surface area contributed by atoms with Gasteiger partial charge in [0.25, 0.3) is 5.56 Å². The number of fused-ring (bicyclic) bond motifs is 1. The maximum Gasteiger partial charge on any atom is 0.283 e. The van der Waals surface area contributed by atoms with E-state index in [4.69, 9.17) is 0 Å². The van der Waals surface area contributed by atoms with Crippen LogP contribution in [0.15, 0.2) is 41.6 Å². The number of hydrogen-bond acceptors (Lipinski definition) is 4. The number of benzene rings is 1. The van der Waals surface area contributed by atoms with Gasteiger partial charge in [-0.25, -0.2) is 18.7 Å². The Hall–Kier alpha value is -3.03. The fourth-order valence-electron chi connectivity index (χ4n) is 3.16. The van der Waals surface area contributed by atoms with Crippen molar-refractivity contribution in [2.45, 2.75) is 25.7 Å². The molecule has 0 bridgehead atoms. The number of nitrogens with zero attached hydrogens (tertiary/aromatic N) is 4. The Labute approximate surface area is 142 Å². The van der Waals surface area contributed by atoms with E-state index in [9.17, 15) is 14.0 Å². The molecule has 0 aliphatic heterocycles. The van der Waals surface area contributed by atoms with Gasteiger partial charge < -0.3 is 0 Å². The van der Waals surface area contributed by atoms with Crippen LogP contribution in [-0.4, -0.2) is 25.3 Å². The largest absolute Gasteiger partial charge is 0.283 e. The molecule has 1 N–H and O–H groups in total. The van der Waals surface area contributed by atoms with E-state index in [1.807, 2.05) is 0 Å². The lowest BCUT2D eigenvalue weighted by molar-refractivity contribution is -0.120. The molecule has 1 fully saturated rings. The second kappa shape index (κ2) is 6.12. The van der Waals surface area contributed by atoms with Crippen LogP contribution in [0.5, 0.6) is 0 Å². The van der Waals surface area contributed by atoms with E-state index in [1.54, 1.807) is 12.1 Å². The van der Waals surface area contributed by atoms with E-state index < -0.39 is 5.56 Å². The second-order valence-electron chi connectivity index (χ2n) is 6.15. The predicted molar refractivity (Wildman–Crippen MR) is 89.4 cm³/mol. The first-order valence-electron chi connectivity index (χ1n) is 8.16. The summed E-state index contributed by atoms with van der Waals surface area (Å²) < 4.78 is 15.6. The summed E-state index contributed by atoms with van der Waals surface area (Å²) in [5.74, 6) is -0.568. The van der Waals surface area contributed by atoms with Crippen LogP contribution < -0.4 is 11.0 Å². The smallest absolute Gasteiger partial charge is 0.273 e. The van der Waals surface area contributed by atoms with Crippen LogP contribution in [0.1, 0.15) is 25.7 Å². The predicted octanol–water partition coefficient (Wildman–Crippen LogP) is 1.98. The number of carbonyl (C=O) groups excluding carboxylic acids is 1. The molecule has 0 spiro atoms. The number of hydrogen-bond donors (Lipinski definition) is 1. The van der Waals surface area contributed by atoms with Gasteiger partial charge in [-0.2, -0.15) is 5.10 Å². The Bertz CT molecular complexity index is 986. The molecule has 7 nitrogen and oxygen atoms in total. The van der Waals surface area contributed by atoms with Gasteiger partial charge in [0.1, 0.15) is 17.5 Å². The fraction of sp³-hybridized carbons (Fsp3) is 0.294. The number of nitrogens with one attached hydrogen (secondary N) is 1. The normalized spacial score (nSPS) is 14.9. The number of halogens is 1. The van der Waals surface area contributed by atoms with Crippen LogP contribution in [0.4, 0.5) is 4.39 Å². The molecule has 0 unspecified atom stereocenters. The maximum absolute atomic E-state index is 13.1. The summed E-state index contributed by atoms with van der Waals surface area (Å²) >= 11 is 0. The molecular formula is C17H16FN5O2. The van der Waals surface area contributed by atoms with Crippen LogP contribution in [0.2, 0.25) is 0 Å². The zero-order valence-corrected chi connectivity index (χ0v) is 13.4. The number of amides is 1. The van der Waals surface area contributed by atoms with Crippen LogP contribution in [0, 0.1) is 11.7 Å². The SMILES string of the molecule is O=C(Nn1cnc2c(cnn2-c2ccc(F)cc2)c1=O)C1CCCC1. The Morgan fingerprint density at radius 3 is 2.64 bits per heavy atom. The van der Waals surface area contributed by atoms with E-state index >= 15 is 0 Å². The number of aromatic nitrogens is 4. The first-order valence-corrected chi connectivity index (χ1v) is 8.16. The van der Waals surface area contributed by atoms with E-state index in [-0.39, 0.29) is 23.0 Å². The molecule has 1 aromatic carbocycles. The monoisotopic (exact) mass is 341 g/mol. The summed E-state index contributed by atoms with van der Waals surface area (Å²) in [5, 5.41) is 4.44. The van der Waals surface area contributed by atoms with Gasteiger partial charge in [0, 0.05) is 5.92 Å². The summed E-state index contributed by atoms with van der Waals surface area (Å²) in [4.78, 5) is 29.0. The molecular weight excluding hydrogens is 325 g/mol. The van der Waals surface area contributed by atoms with Crippen LogP contribution >= 0.6 is 0 Å². The number of carbonyl (C=O) groups is 1. The van der Waals surface area contributed by atoms with Gasteiger partial charge in [-0.05, 0) is 37.1 Å². The molecule has 128 valence electrons. The van der Waals surface area contributed by atoms with Crippen molar-refractivity contribution in [2.75, 3.05) is 5.43 Å². The Kier molecular flexibility index (Phi) is 3.79. The lowest BCUT2D eigenvalue weighted by atomic mass is 10.1. The first kappa shape index (κ1) is 15.5. The molecule has 0 radical (unpaired) electrons. The third-order valence-corrected chi connectivity index (χ3v) is 4.52. The highest BCUT2D eigenvalue weighted by Crippen LogP contribution is 2.24. The zero-order chi connectivity index (χ0) is 17.4. The zero-order valence-electron chi connectivity index (χ0n) is 13.4. The summed E-state index contributed by atoms with van der Waals surface area (Å²) in [6.07, 6.45) is 6.44. The fourth-order valence-corrected chi connectivity index (χ4v) is 3.16. The third-order valence-electron chi connectivity index (χ3n) is 4.52. The van der Waals surface area contributed by atoms with Crippen molar-refractivity contribution in [1.82, 2.24) is 19.4 Å². The van der Waals surface area contributed by atoms with E-state index in [2.05, 4.69) is 15.5 Å². The van der Waals surface area contributed by atoms with Crippen molar-refractivity contribution in [1.29, 1.82) is 0 Å². The molecule has 2 heterocycles. The second-order valence-corrected chi connectivity index (χ2v) is 6.15. The molecule has 1 aliphatic carbocycles. The molecule has 25 heavy (non-hydrogen) atoms. The number of rotatable bonds is 3. The molecule has 2 aromatic heterocycles. The summed E-state index contributed by atoms with van der Waals surface area (Å²) in [6, 6.07) is 5.73. The Balaban J connectivity index is 1.68. The quantitative estimate of drug-likeness (QED) is 0.790. The average Bonchev–Trinajstić information content (AvgIpc) is 3.28. The van der Waals surface area contributed by atoms with E-state index in [0.29, 0.717) is 11.3 Å². The third kappa shape index (κ3) is 2.79. The van der Waals surface area contributed by atoms with Gasteiger partial charge in [-0.15, -0.1) is 0 Å². The molecule has 0 saturated heterocycles. The van der Waals surface area contributed by atoms with Crippen molar-refractivity contribution >= 4 is 16.9 Å². The lowest BCUT2D eigenvalue weighted by Crippen LogP contribution is -2.36. The van der Waals surface area contributed by atoms with Gasteiger partial charge in [0.15, 0.2) is 5.65 Å². The minimum Gasteiger partial charge on any atom is -0.273 e. The minimum absolute atomic E-state index is 0.0514. The molecule has 3 aromatic rings. The highest BCUT2D eigenvalue weighted by Gasteiger charge is 2.23. The minimum atomic E-state index is -0.398. The standard InChI is InChI=1S/C17H16FN5O2/c18-12-5-7-13(8-6-12)23-15-14(9-20-23)17(25)22(10-19-15)21-16(24)11-3-1-2-4-11/h5-11H,1-4H2,(H,21,24). The van der Waals surface area contributed by atoms with Crippen LogP contribution in [0.3, 0.4) is 0 Å². The van der Waals surface area contributed by atoms with Gasteiger partial charge in [-0.1, -0.05) is 12.8 Å². The molecule has 1 aliphatic rings. The van der Waals surface area contributed by atoms with E-state index in [0.717, 1.165) is 30.4 Å². The summed E-state index contributed by atoms with van der Waals surface area (Å²) in [7, 11) is 0. The van der Waals surface area contributed by atoms with Crippen molar-refractivity contribution in [3.63, 3.8) is 0 Å². The molecule has 4 rings (SSSR count). The van der Waals surface area contributed by atoms with Crippen LogP contribution in [-0.2, 0) is 4.79 Å². The van der Waals surface area contributed by atoms with Crippen LogP contribution in [0.25, 0.3) is 16.7 Å². The van der Waals surface area contributed by atoms with Crippen molar-refractivity contribution in [3.8, 4) is 5.69 Å². The van der Waals surface area contributed by atoms with Crippen molar-refractivity contribution in [3.05, 3.63) is 53.0 Å². The average molecular weight is 341 g/mol. The van der Waals surface area contributed by atoms with Gasteiger partial charge >= 0.3 is 0 Å². The Morgan fingerprint density at radius 2 is 1.92 bits per heavy atom. The summed E-state index contributed by atoms with van der Waals surface area (Å²) in [5.41, 5.74) is 3.16. The first-order chi connectivity index (χ1) is 12.1. The topological polar surface area (TPSA) is 81.8 Å². The van der Waals surface area contributed by atoms with Crippen molar-refractivity contribution < 1.29 is 9.18 Å². The maximum atomic E-state index is 13.1. The Morgan fingerprint density at radius 1 is 1.20 bits per heavy atom. The van der Waals surface area contributed by atoms with Crippen molar-refractivity contribution in [2.24, 2.45) is 5.92 Å². The summed E-state index contributed by atoms with van der Waals surface area (Å²) in [6.45, 7) is 0. The van der Waals surface area contributed by atoms with Gasteiger partial charge in [0.05, 0.1) is 11.9 Å². The molecule has 8 heteroatoms. The highest BCUT2D eigenvalue weighted by molar-refractivity contribution is 5.86.